The van der Waals surface area contributed by atoms with Gasteiger partial charge in [-0.2, -0.15) is 5.10 Å². The van der Waals surface area contributed by atoms with Gasteiger partial charge in [-0.25, -0.2) is 0 Å². The lowest BCUT2D eigenvalue weighted by Crippen LogP contribution is -2.47. The summed E-state index contributed by atoms with van der Waals surface area (Å²) >= 11 is 0. The predicted octanol–water partition coefficient (Wildman–Crippen LogP) is 2.39. The molecule has 0 radical (unpaired) electrons. The minimum absolute atomic E-state index is 0.125. The van der Waals surface area contributed by atoms with E-state index in [9.17, 15) is 14.4 Å². The molecule has 4 rings (SSSR count). The zero-order valence-electron chi connectivity index (χ0n) is 17.6. The van der Waals surface area contributed by atoms with Gasteiger partial charge in [0.15, 0.2) is 0 Å². The van der Waals surface area contributed by atoms with Crippen molar-refractivity contribution >= 4 is 17.7 Å². The summed E-state index contributed by atoms with van der Waals surface area (Å²) in [7, 11) is 0. The number of nitrogens with one attached hydrogen (secondary N) is 1. The van der Waals surface area contributed by atoms with Gasteiger partial charge in [0, 0.05) is 23.4 Å². The molecule has 0 saturated heterocycles. The van der Waals surface area contributed by atoms with E-state index in [1.165, 1.54) is 0 Å². The molecule has 2 heterocycles. The van der Waals surface area contributed by atoms with Crippen LogP contribution in [0.25, 0.3) is 0 Å². The van der Waals surface area contributed by atoms with Crippen molar-refractivity contribution < 1.29 is 14.4 Å². The first kappa shape index (κ1) is 20.5. The fourth-order valence-electron chi connectivity index (χ4n) is 3.85. The van der Waals surface area contributed by atoms with Crippen molar-refractivity contribution in [1.82, 2.24) is 20.0 Å². The fourth-order valence-corrected chi connectivity index (χ4v) is 3.85. The molecule has 2 aromatic carbocycles. The second kappa shape index (κ2) is 8.55. The molecule has 158 valence electrons. The summed E-state index contributed by atoms with van der Waals surface area (Å²) in [5, 5.41) is 7.43. The molecule has 7 heteroatoms. The molecule has 1 N–H and O–H groups in total. The Hall–Kier alpha value is -3.74. The number of benzene rings is 2. The van der Waals surface area contributed by atoms with Crippen LogP contribution in [0.15, 0.2) is 54.6 Å². The topological polar surface area (TPSA) is 84.3 Å². The third-order valence-electron chi connectivity index (χ3n) is 5.61. The Balaban J connectivity index is 1.40. The van der Waals surface area contributed by atoms with Gasteiger partial charge >= 0.3 is 0 Å². The average Bonchev–Trinajstić information content (AvgIpc) is 3.02. The van der Waals surface area contributed by atoms with Crippen LogP contribution in [0.4, 0.5) is 0 Å². The summed E-state index contributed by atoms with van der Waals surface area (Å²) < 4.78 is 1.92. The molecule has 3 amide bonds. The molecule has 0 fully saturated rings. The Morgan fingerprint density at radius 1 is 1.03 bits per heavy atom. The molecule has 7 nitrogen and oxygen atoms in total. The monoisotopic (exact) mass is 416 g/mol. The van der Waals surface area contributed by atoms with Gasteiger partial charge in [0.25, 0.3) is 5.91 Å². The van der Waals surface area contributed by atoms with Gasteiger partial charge in [-0.05, 0) is 31.0 Å². The molecular weight excluding hydrogens is 392 g/mol. The first-order valence-electron chi connectivity index (χ1n) is 10.2. The van der Waals surface area contributed by atoms with Crippen LogP contribution >= 0.6 is 0 Å². The third-order valence-corrected chi connectivity index (χ3v) is 5.61. The Morgan fingerprint density at radius 3 is 2.52 bits per heavy atom. The zero-order chi connectivity index (χ0) is 22.0. The van der Waals surface area contributed by atoms with Crippen LogP contribution in [-0.2, 0) is 29.1 Å². The van der Waals surface area contributed by atoms with E-state index in [-0.39, 0.29) is 31.3 Å². The van der Waals surface area contributed by atoms with E-state index >= 15 is 0 Å². The van der Waals surface area contributed by atoms with E-state index in [0.29, 0.717) is 17.7 Å². The van der Waals surface area contributed by atoms with Crippen LogP contribution < -0.4 is 5.32 Å². The van der Waals surface area contributed by atoms with Crippen molar-refractivity contribution in [3.8, 4) is 0 Å². The van der Waals surface area contributed by atoms with Crippen molar-refractivity contribution in [2.75, 3.05) is 6.54 Å². The molecule has 0 saturated carbocycles. The second-order valence-corrected chi connectivity index (χ2v) is 7.69. The van der Waals surface area contributed by atoms with Gasteiger partial charge in [0.05, 0.1) is 18.7 Å². The highest BCUT2D eigenvalue weighted by Crippen LogP contribution is 2.19. The van der Waals surface area contributed by atoms with E-state index in [1.807, 2.05) is 48.9 Å². The number of aryl methyl sites for hydroxylation is 1. The average molecular weight is 416 g/mol. The molecule has 0 aliphatic carbocycles. The number of fused-ring (bicyclic) bond motifs is 1. The van der Waals surface area contributed by atoms with Gasteiger partial charge < -0.3 is 5.32 Å². The Morgan fingerprint density at radius 2 is 1.74 bits per heavy atom. The lowest BCUT2D eigenvalue weighted by atomic mass is 9.98. The SMILES string of the molecule is Cc1nn(Cc2ccccc2)c(C)c1CNC(=O)CN1C(=O)Cc2ccccc2C1=O. The van der Waals surface area contributed by atoms with Gasteiger partial charge in [-0.1, -0.05) is 48.5 Å². The maximum Gasteiger partial charge on any atom is 0.261 e. The Bertz CT molecular complexity index is 1150. The molecule has 1 aromatic heterocycles. The largest absolute Gasteiger partial charge is 0.350 e. The van der Waals surface area contributed by atoms with Crippen LogP contribution in [0.1, 0.15) is 38.4 Å². The standard InChI is InChI=1S/C24H24N4O3/c1-16-21(17(2)28(26-16)14-18-8-4-3-5-9-18)13-25-22(29)15-27-23(30)12-19-10-6-7-11-20(19)24(27)31/h3-11H,12-15H2,1-2H3,(H,25,29). The summed E-state index contributed by atoms with van der Waals surface area (Å²) in [4.78, 5) is 38.6. The number of carbonyl (C=O) groups is 3. The van der Waals surface area contributed by atoms with E-state index in [1.54, 1.807) is 24.3 Å². The maximum absolute atomic E-state index is 12.6. The highest BCUT2D eigenvalue weighted by Gasteiger charge is 2.31. The molecule has 0 atom stereocenters. The quantitative estimate of drug-likeness (QED) is 0.626. The molecule has 0 bridgehead atoms. The van der Waals surface area contributed by atoms with Crippen molar-refractivity contribution in [3.05, 3.63) is 88.2 Å². The number of rotatable bonds is 6. The molecule has 31 heavy (non-hydrogen) atoms. The van der Waals surface area contributed by atoms with Gasteiger partial charge in [0.2, 0.25) is 11.8 Å². The third kappa shape index (κ3) is 4.26. The van der Waals surface area contributed by atoms with Gasteiger partial charge in [0.1, 0.15) is 6.54 Å². The number of hydrogen-bond donors (Lipinski definition) is 1. The molecule has 1 aliphatic rings. The lowest BCUT2D eigenvalue weighted by molar-refractivity contribution is -0.133. The highest BCUT2D eigenvalue weighted by molar-refractivity contribution is 6.11. The summed E-state index contributed by atoms with van der Waals surface area (Å²) in [6.07, 6.45) is 0.125. The second-order valence-electron chi connectivity index (χ2n) is 7.69. The van der Waals surface area contributed by atoms with E-state index in [4.69, 9.17) is 0 Å². The van der Waals surface area contributed by atoms with E-state index in [0.717, 1.165) is 27.4 Å². The van der Waals surface area contributed by atoms with Gasteiger partial charge in [-0.3, -0.25) is 24.0 Å². The molecule has 3 aromatic rings. The first-order chi connectivity index (χ1) is 14.9. The van der Waals surface area contributed by atoms with Crippen molar-refractivity contribution in [2.24, 2.45) is 0 Å². The Kier molecular flexibility index (Phi) is 5.66. The minimum Gasteiger partial charge on any atom is -0.350 e. The summed E-state index contributed by atoms with van der Waals surface area (Å²) in [6, 6.07) is 17.0. The van der Waals surface area contributed by atoms with Crippen molar-refractivity contribution in [3.63, 3.8) is 0 Å². The molecule has 1 aliphatic heterocycles. The Labute approximate surface area is 180 Å². The molecule has 0 unspecified atom stereocenters. The van der Waals surface area contributed by atoms with Crippen LogP contribution in [-0.4, -0.2) is 38.9 Å². The maximum atomic E-state index is 12.6. The van der Waals surface area contributed by atoms with Crippen molar-refractivity contribution in [2.45, 2.75) is 33.4 Å². The van der Waals surface area contributed by atoms with E-state index in [2.05, 4.69) is 10.4 Å². The fraction of sp³-hybridized carbons (Fsp3) is 0.250. The number of hydrogen-bond acceptors (Lipinski definition) is 4. The summed E-state index contributed by atoms with van der Waals surface area (Å²) in [5.74, 6) is -1.16. The lowest BCUT2D eigenvalue weighted by Gasteiger charge is -2.26. The van der Waals surface area contributed by atoms with Crippen LogP contribution in [0.3, 0.4) is 0 Å². The van der Waals surface area contributed by atoms with Crippen LogP contribution in [0, 0.1) is 13.8 Å². The zero-order valence-corrected chi connectivity index (χ0v) is 17.6. The number of nitrogens with zero attached hydrogens (tertiary/aromatic N) is 3. The highest BCUT2D eigenvalue weighted by atomic mass is 16.2. The number of aromatic nitrogens is 2. The normalized spacial score (nSPS) is 13.3. The number of amides is 3. The van der Waals surface area contributed by atoms with Crippen LogP contribution in [0.2, 0.25) is 0 Å². The minimum atomic E-state index is -0.426. The van der Waals surface area contributed by atoms with Crippen LogP contribution in [0.5, 0.6) is 0 Å². The number of imide groups is 1. The molecule has 0 spiro atoms. The summed E-state index contributed by atoms with van der Waals surface area (Å²) in [5.41, 5.74) is 5.07. The predicted molar refractivity (Wildman–Crippen MR) is 115 cm³/mol. The van der Waals surface area contributed by atoms with E-state index < -0.39 is 5.91 Å². The number of carbonyl (C=O) groups excluding carboxylic acids is 3. The van der Waals surface area contributed by atoms with Crippen molar-refractivity contribution in [1.29, 1.82) is 0 Å². The smallest absolute Gasteiger partial charge is 0.261 e. The summed E-state index contributed by atoms with van der Waals surface area (Å²) in [6.45, 7) is 4.53. The van der Waals surface area contributed by atoms with Gasteiger partial charge in [-0.15, -0.1) is 0 Å². The molecular formula is C24H24N4O3. The first-order valence-corrected chi connectivity index (χ1v) is 10.2.